The third-order valence-corrected chi connectivity index (χ3v) is 1.72. The van der Waals surface area contributed by atoms with Gasteiger partial charge in [0.05, 0.1) is 12.5 Å². The van der Waals surface area contributed by atoms with Crippen molar-refractivity contribution >= 4 is 5.97 Å². The van der Waals surface area contributed by atoms with Gasteiger partial charge >= 0.3 is 5.97 Å². The third kappa shape index (κ3) is 1.98. The lowest BCUT2D eigenvalue weighted by atomic mass is 10.3. The summed E-state index contributed by atoms with van der Waals surface area (Å²) >= 11 is 0. The summed E-state index contributed by atoms with van der Waals surface area (Å²) in [5.74, 6) is -1.25. The molecule has 72 valence electrons. The van der Waals surface area contributed by atoms with Crippen LogP contribution in [0, 0.1) is 11.3 Å². The standard InChI is InChI=1S/C9H8N2O3/c10-4-2-6-11-5-1-3-7(8(11)12)9(13)14/h1,3,5H,2,6H2,(H,13,14). The van der Waals surface area contributed by atoms with E-state index in [1.165, 1.54) is 22.9 Å². The molecular weight excluding hydrogens is 184 g/mol. The molecule has 0 aromatic carbocycles. The zero-order valence-electron chi connectivity index (χ0n) is 7.30. The van der Waals surface area contributed by atoms with E-state index in [0.29, 0.717) is 0 Å². The van der Waals surface area contributed by atoms with Crippen LogP contribution in [-0.2, 0) is 6.54 Å². The van der Waals surface area contributed by atoms with Gasteiger partial charge in [-0.2, -0.15) is 5.26 Å². The second-order valence-electron chi connectivity index (χ2n) is 2.63. The Morgan fingerprint density at radius 3 is 2.93 bits per heavy atom. The molecule has 0 unspecified atom stereocenters. The number of hydrogen-bond donors (Lipinski definition) is 1. The first-order valence-electron chi connectivity index (χ1n) is 3.96. The molecule has 0 bridgehead atoms. The van der Waals surface area contributed by atoms with Crippen molar-refractivity contribution in [2.75, 3.05) is 0 Å². The van der Waals surface area contributed by atoms with Crippen LogP contribution in [0.2, 0.25) is 0 Å². The Kier molecular flexibility index (Phi) is 3.02. The Bertz CT molecular complexity index is 442. The molecule has 0 aliphatic heterocycles. The van der Waals surface area contributed by atoms with E-state index in [2.05, 4.69) is 0 Å². The van der Waals surface area contributed by atoms with Crippen molar-refractivity contribution < 1.29 is 9.90 Å². The summed E-state index contributed by atoms with van der Waals surface area (Å²) in [7, 11) is 0. The topological polar surface area (TPSA) is 83.1 Å². The summed E-state index contributed by atoms with van der Waals surface area (Å²) in [6.07, 6.45) is 1.65. The SMILES string of the molecule is N#CCCn1cccc(C(=O)O)c1=O. The molecule has 0 radical (unpaired) electrons. The number of nitriles is 1. The van der Waals surface area contributed by atoms with Gasteiger partial charge in [0.1, 0.15) is 5.56 Å². The lowest BCUT2D eigenvalue weighted by Gasteiger charge is -2.02. The van der Waals surface area contributed by atoms with Gasteiger partial charge in [-0.05, 0) is 12.1 Å². The van der Waals surface area contributed by atoms with Gasteiger partial charge < -0.3 is 9.67 Å². The molecule has 0 atom stereocenters. The van der Waals surface area contributed by atoms with E-state index < -0.39 is 11.5 Å². The summed E-state index contributed by atoms with van der Waals surface area (Å²) in [5, 5.41) is 17.0. The predicted molar refractivity (Wildman–Crippen MR) is 47.9 cm³/mol. The summed E-state index contributed by atoms with van der Waals surface area (Å²) in [4.78, 5) is 22.0. The monoisotopic (exact) mass is 192 g/mol. The molecule has 1 heterocycles. The van der Waals surface area contributed by atoms with Gasteiger partial charge in [-0.15, -0.1) is 0 Å². The molecule has 5 heteroatoms. The molecule has 0 aliphatic rings. The maximum atomic E-state index is 11.4. The third-order valence-electron chi connectivity index (χ3n) is 1.72. The number of carbonyl (C=O) groups is 1. The number of hydrogen-bond acceptors (Lipinski definition) is 3. The average Bonchev–Trinajstić information content (AvgIpc) is 2.16. The summed E-state index contributed by atoms with van der Waals surface area (Å²) in [6.45, 7) is 0.219. The van der Waals surface area contributed by atoms with Crippen molar-refractivity contribution in [1.82, 2.24) is 4.57 Å². The second-order valence-corrected chi connectivity index (χ2v) is 2.63. The highest BCUT2D eigenvalue weighted by Gasteiger charge is 2.09. The molecule has 1 N–H and O–H groups in total. The van der Waals surface area contributed by atoms with Crippen LogP contribution in [0.1, 0.15) is 16.8 Å². The van der Waals surface area contributed by atoms with E-state index in [1.54, 1.807) is 0 Å². The number of nitrogens with zero attached hydrogens (tertiary/aromatic N) is 2. The first-order valence-corrected chi connectivity index (χ1v) is 3.96. The van der Waals surface area contributed by atoms with E-state index >= 15 is 0 Å². The van der Waals surface area contributed by atoms with E-state index in [-0.39, 0.29) is 18.5 Å². The molecule has 1 aromatic rings. The van der Waals surface area contributed by atoms with Crippen molar-refractivity contribution in [2.24, 2.45) is 0 Å². The van der Waals surface area contributed by atoms with Crippen LogP contribution < -0.4 is 5.56 Å². The normalized spacial score (nSPS) is 9.36. The number of pyridine rings is 1. The summed E-state index contributed by atoms with van der Waals surface area (Å²) in [5.41, 5.74) is -0.847. The van der Waals surface area contributed by atoms with Crippen LogP contribution in [-0.4, -0.2) is 15.6 Å². The van der Waals surface area contributed by atoms with Crippen LogP contribution in [0.5, 0.6) is 0 Å². The molecule has 14 heavy (non-hydrogen) atoms. The molecule has 0 amide bonds. The number of rotatable bonds is 3. The fraction of sp³-hybridized carbons (Fsp3) is 0.222. The fourth-order valence-electron chi connectivity index (χ4n) is 1.05. The minimum absolute atomic E-state index is 0.184. The Hall–Kier alpha value is -2.09. The highest BCUT2D eigenvalue weighted by atomic mass is 16.4. The minimum Gasteiger partial charge on any atom is -0.477 e. The van der Waals surface area contributed by atoms with Crippen molar-refractivity contribution in [3.63, 3.8) is 0 Å². The van der Waals surface area contributed by atoms with Gasteiger partial charge in [0.25, 0.3) is 5.56 Å². The van der Waals surface area contributed by atoms with Gasteiger partial charge in [0.15, 0.2) is 0 Å². The van der Waals surface area contributed by atoms with Gasteiger partial charge in [-0.25, -0.2) is 4.79 Å². The predicted octanol–water partition coefficient (Wildman–Crippen LogP) is 0.460. The molecule has 0 aliphatic carbocycles. The lowest BCUT2D eigenvalue weighted by molar-refractivity contribution is 0.0694. The number of carboxylic acids is 1. The van der Waals surface area contributed by atoms with Crippen LogP contribution >= 0.6 is 0 Å². The van der Waals surface area contributed by atoms with Crippen LogP contribution in [0.25, 0.3) is 0 Å². The molecule has 0 spiro atoms. The molecule has 0 fully saturated rings. The number of aryl methyl sites for hydroxylation is 1. The van der Waals surface area contributed by atoms with Crippen molar-refractivity contribution in [3.8, 4) is 6.07 Å². The van der Waals surface area contributed by atoms with Gasteiger partial charge in [-0.3, -0.25) is 4.79 Å². The quantitative estimate of drug-likeness (QED) is 0.754. The molecule has 1 aromatic heterocycles. The fourth-order valence-corrected chi connectivity index (χ4v) is 1.05. The Balaban J connectivity index is 3.09. The van der Waals surface area contributed by atoms with E-state index in [4.69, 9.17) is 10.4 Å². The van der Waals surface area contributed by atoms with Crippen molar-refractivity contribution in [1.29, 1.82) is 5.26 Å². The van der Waals surface area contributed by atoms with Gasteiger partial charge in [0, 0.05) is 12.7 Å². The molecule has 1 rings (SSSR count). The van der Waals surface area contributed by atoms with Crippen molar-refractivity contribution in [3.05, 3.63) is 34.2 Å². The summed E-state index contributed by atoms with van der Waals surface area (Å²) in [6, 6.07) is 4.60. The highest BCUT2D eigenvalue weighted by Crippen LogP contribution is 1.93. The van der Waals surface area contributed by atoms with Gasteiger partial charge in [-0.1, -0.05) is 0 Å². The number of aromatic nitrogens is 1. The molecule has 5 nitrogen and oxygen atoms in total. The van der Waals surface area contributed by atoms with E-state index in [0.717, 1.165) is 0 Å². The summed E-state index contributed by atoms with van der Waals surface area (Å²) < 4.78 is 1.21. The van der Waals surface area contributed by atoms with Crippen LogP contribution in [0.15, 0.2) is 23.1 Å². The first-order chi connectivity index (χ1) is 6.66. The molecule has 0 saturated carbocycles. The zero-order valence-corrected chi connectivity index (χ0v) is 7.30. The Labute approximate surface area is 79.8 Å². The van der Waals surface area contributed by atoms with Crippen LogP contribution in [0.4, 0.5) is 0 Å². The van der Waals surface area contributed by atoms with E-state index in [9.17, 15) is 9.59 Å². The lowest BCUT2D eigenvalue weighted by Crippen LogP contribution is -2.25. The maximum absolute atomic E-state index is 11.4. The largest absolute Gasteiger partial charge is 0.477 e. The second kappa shape index (κ2) is 4.23. The van der Waals surface area contributed by atoms with Crippen molar-refractivity contribution in [2.45, 2.75) is 13.0 Å². The first kappa shape index (κ1) is 9.99. The zero-order chi connectivity index (χ0) is 10.6. The van der Waals surface area contributed by atoms with Crippen LogP contribution in [0.3, 0.4) is 0 Å². The maximum Gasteiger partial charge on any atom is 0.341 e. The highest BCUT2D eigenvalue weighted by molar-refractivity contribution is 5.86. The van der Waals surface area contributed by atoms with E-state index in [1.807, 2.05) is 6.07 Å². The number of aromatic carboxylic acids is 1. The Morgan fingerprint density at radius 2 is 2.36 bits per heavy atom. The van der Waals surface area contributed by atoms with Gasteiger partial charge in [0.2, 0.25) is 0 Å². The number of carboxylic acid groups (broad SMARTS) is 1. The average molecular weight is 192 g/mol. The Morgan fingerprint density at radius 1 is 1.64 bits per heavy atom. The molecular formula is C9H8N2O3. The smallest absolute Gasteiger partial charge is 0.341 e. The minimum atomic E-state index is -1.25. The molecule has 0 saturated heterocycles.